The molecule has 0 radical (unpaired) electrons. The number of hydrogen-bond donors (Lipinski definition) is 1. The van der Waals surface area contributed by atoms with Crippen LogP contribution in [0.1, 0.15) is 29.3 Å². The monoisotopic (exact) mass is 243 g/mol. The maximum Gasteiger partial charge on any atom is 0.179 e. The smallest absolute Gasteiger partial charge is 0.179 e. The van der Waals surface area contributed by atoms with E-state index in [2.05, 4.69) is 46.7 Å². The Bertz CT molecular complexity index is 554. The van der Waals surface area contributed by atoms with Crippen molar-refractivity contribution in [2.75, 3.05) is 13.1 Å². The molecule has 0 amide bonds. The van der Waals surface area contributed by atoms with Gasteiger partial charge in [0, 0.05) is 12.5 Å². The lowest BCUT2D eigenvalue weighted by Crippen LogP contribution is -2.09. The van der Waals surface area contributed by atoms with Crippen molar-refractivity contribution < 1.29 is 0 Å². The van der Waals surface area contributed by atoms with Crippen molar-refractivity contribution in [3.05, 3.63) is 35.2 Å². The van der Waals surface area contributed by atoms with Crippen molar-refractivity contribution in [3.63, 3.8) is 0 Å². The molecule has 1 saturated heterocycles. The van der Waals surface area contributed by atoms with Crippen LogP contribution in [0.4, 0.5) is 0 Å². The van der Waals surface area contributed by atoms with Gasteiger partial charge in [-0.3, -0.25) is 0 Å². The molecule has 3 rings (SSSR count). The van der Waals surface area contributed by atoms with Gasteiger partial charge in [0.05, 0.1) is 5.69 Å². The number of nitrogens with one attached hydrogen (secondary N) is 1. The first-order valence-corrected chi connectivity index (χ1v) is 6.32. The summed E-state index contributed by atoms with van der Waals surface area (Å²) < 4.78 is 0. The fraction of sp³-hybridized carbons (Fsp3) is 0.462. The van der Waals surface area contributed by atoms with Gasteiger partial charge in [-0.2, -0.15) is 0 Å². The van der Waals surface area contributed by atoms with Crippen molar-refractivity contribution in [1.29, 1.82) is 0 Å². The van der Waals surface area contributed by atoms with Gasteiger partial charge in [0.15, 0.2) is 5.82 Å². The summed E-state index contributed by atoms with van der Waals surface area (Å²) in [6.45, 7) is 6.16. The van der Waals surface area contributed by atoms with Crippen molar-refractivity contribution in [2.45, 2.75) is 26.2 Å². The average Bonchev–Trinajstić information content (AvgIpc) is 2.99. The van der Waals surface area contributed by atoms with E-state index in [0.29, 0.717) is 5.92 Å². The molecule has 1 fully saturated rings. The molecule has 1 unspecified atom stereocenters. The Morgan fingerprint density at radius 2 is 2.22 bits per heavy atom. The first-order chi connectivity index (χ1) is 8.74. The number of benzene rings is 1. The third-order valence-electron chi connectivity index (χ3n) is 3.42. The minimum absolute atomic E-state index is 0.407. The normalized spacial score (nSPS) is 19.3. The molecule has 1 atom stereocenters. The van der Waals surface area contributed by atoms with Crippen LogP contribution in [-0.4, -0.2) is 33.3 Å². The lowest BCUT2D eigenvalue weighted by molar-refractivity contribution is 0.686. The fourth-order valence-electron chi connectivity index (χ4n) is 2.40. The number of rotatable bonds is 2. The van der Waals surface area contributed by atoms with Crippen molar-refractivity contribution in [2.24, 2.45) is 0 Å². The van der Waals surface area contributed by atoms with Crippen molar-refractivity contribution >= 4 is 0 Å². The summed E-state index contributed by atoms with van der Waals surface area (Å²) in [5.41, 5.74) is 3.42. The van der Waals surface area contributed by atoms with Crippen LogP contribution in [0.2, 0.25) is 0 Å². The quantitative estimate of drug-likeness (QED) is 0.865. The van der Waals surface area contributed by atoms with Gasteiger partial charge in [0.25, 0.3) is 0 Å². The summed E-state index contributed by atoms with van der Waals surface area (Å²) in [4.78, 5) is 1.64. The van der Waals surface area contributed by atoms with E-state index in [1.807, 2.05) is 6.07 Å². The van der Waals surface area contributed by atoms with Crippen LogP contribution in [-0.2, 0) is 0 Å². The Labute approximate surface area is 106 Å². The molecule has 1 aromatic heterocycles. The molecule has 18 heavy (non-hydrogen) atoms. The molecule has 0 aliphatic carbocycles. The molecule has 0 bridgehead atoms. The third-order valence-corrected chi connectivity index (χ3v) is 3.42. The second kappa shape index (κ2) is 4.49. The highest BCUT2D eigenvalue weighted by Crippen LogP contribution is 2.19. The Kier molecular flexibility index (Phi) is 2.83. The number of nitrogens with zero attached hydrogens (tertiary/aromatic N) is 4. The molecule has 2 aromatic rings. The van der Waals surface area contributed by atoms with Crippen LogP contribution in [0, 0.1) is 13.8 Å². The molecular formula is C13H17N5. The number of hydrogen-bond acceptors (Lipinski definition) is 4. The average molecular weight is 243 g/mol. The molecule has 5 nitrogen and oxygen atoms in total. The molecule has 0 spiro atoms. The zero-order valence-corrected chi connectivity index (χ0v) is 10.7. The van der Waals surface area contributed by atoms with E-state index in [4.69, 9.17) is 0 Å². The summed E-state index contributed by atoms with van der Waals surface area (Å²) in [5, 5.41) is 16.2. The lowest BCUT2D eigenvalue weighted by atomic mass is 10.1. The molecule has 1 aromatic carbocycles. The molecule has 2 heterocycles. The van der Waals surface area contributed by atoms with Crippen molar-refractivity contribution in [3.8, 4) is 5.69 Å². The minimum Gasteiger partial charge on any atom is -0.316 e. The van der Waals surface area contributed by atoms with Crippen LogP contribution < -0.4 is 5.32 Å². The zero-order chi connectivity index (χ0) is 12.5. The number of tetrazole rings is 1. The summed E-state index contributed by atoms with van der Waals surface area (Å²) in [7, 11) is 0. The predicted octanol–water partition coefficient (Wildman–Crippen LogP) is 1.36. The molecule has 1 aliphatic heterocycles. The van der Waals surface area contributed by atoms with Crippen molar-refractivity contribution in [1.82, 2.24) is 25.5 Å². The van der Waals surface area contributed by atoms with Crippen LogP contribution >= 0.6 is 0 Å². The van der Waals surface area contributed by atoms with Gasteiger partial charge in [-0.25, -0.2) is 0 Å². The Hall–Kier alpha value is -1.75. The minimum atomic E-state index is 0.407. The van der Waals surface area contributed by atoms with E-state index in [9.17, 15) is 0 Å². The topological polar surface area (TPSA) is 55.6 Å². The molecule has 5 heteroatoms. The maximum atomic E-state index is 4.51. The van der Waals surface area contributed by atoms with Crippen LogP contribution in [0.15, 0.2) is 18.2 Å². The molecule has 1 aliphatic rings. The second-order valence-corrected chi connectivity index (χ2v) is 4.92. The van der Waals surface area contributed by atoms with E-state index in [0.717, 1.165) is 31.0 Å². The van der Waals surface area contributed by atoms with Gasteiger partial charge in [0.2, 0.25) is 0 Å². The Morgan fingerprint density at radius 3 is 2.94 bits per heavy atom. The fourth-order valence-corrected chi connectivity index (χ4v) is 2.40. The highest BCUT2D eigenvalue weighted by molar-refractivity contribution is 5.40. The summed E-state index contributed by atoms with van der Waals surface area (Å²) in [6, 6.07) is 6.25. The largest absolute Gasteiger partial charge is 0.316 e. The summed E-state index contributed by atoms with van der Waals surface area (Å²) in [6.07, 6.45) is 1.10. The zero-order valence-electron chi connectivity index (χ0n) is 10.7. The van der Waals surface area contributed by atoms with E-state index in [1.54, 1.807) is 4.80 Å². The lowest BCUT2D eigenvalue weighted by Gasteiger charge is -2.04. The van der Waals surface area contributed by atoms with Gasteiger partial charge < -0.3 is 5.32 Å². The summed E-state index contributed by atoms with van der Waals surface area (Å²) in [5.74, 6) is 1.25. The standard InChI is InChI=1S/C13H17N5/c1-9-3-4-12(10(2)7-9)18-16-13(15-17-18)11-5-6-14-8-11/h3-4,7,11,14H,5-6,8H2,1-2H3. The van der Waals surface area contributed by atoms with Gasteiger partial charge in [0.1, 0.15) is 0 Å². The third kappa shape index (κ3) is 2.01. The van der Waals surface area contributed by atoms with Gasteiger partial charge in [-0.1, -0.05) is 17.7 Å². The van der Waals surface area contributed by atoms with Gasteiger partial charge in [-0.15, -0.1) is 15.0 Å². The number of aryl methyl sites for hydroxylation is 2. The van der Waals surface area contributed by atoms with Crippen LogP contribution in [0.5, 0.6) is 0 Å². The highest BCUT2D eigenvalue weighted by atomic mass is 15.6. The Balaban J connectivity index is 1.92. The molecule has 1 N–H and O–H groups in total. The second-order valence-electron chi connectivity index (χ2n) is 4.92. The SMILES string of the molecule is Cc1ccc(-n2nnc(C3CCNC3)n2)c(C)c1. The molecule has 94 valence electrons. The van der Waals surface area contributed by atoms with E-state index < -0.39 is 0 Å². The summed E-state index contributed by atoms with van der Waals surface area (Å²) >= 11 is 0. The van der Waals surface area contributed by atoms with Crippen LogP contribution in [0.25, 0.3) is 5.69 Å². The maximum absolute atomic E-state index is 4.51. The predicted molar refractivity (Wildman–Crippen MR) is 68.9 cm³/mol. The van der Waals surface area contributed by atoms with Gasteiger partial charge >= 0.3 is 0 Å². The van der Waals surface area contributed by atoms with E-state index in [1.165, 1.54) is 11.1 Å². The molecule has 0 saturated carbocycles. The highest BCUT2D eigenvalue weighted by Gasteiger charge is 2.21. The Morgan fingerprint density at radius 1 is 1.33 bits per heavy atom. The number of aromatic nitrogens is 4. The van der Waals surface area contributed by atoms with E-state index in [-0.39, 0.29) is 0 Å². The van der Waals surface area contributed by atoms with Crippen LogP contribution in [0.3, 0.4) is 0 Å². The first kappa shape index (κ1) is 11.3. The first-order valence-electron chi connectivity index (χ1n) is 6.32. The van der Waals surface area contributed by atoms with Gasteiger partial charge in [-0.05, 0) is 43.7 Å². The molecular weight excluding hydrogens is 226 g/mol. The van der Waals surface area contributed by atoms with E-state index >= 15 is 0 Å².